The minimum Gasteiger partial charge on any atom is -0.259 e. The van der Waals surface area contributed by atoms with Crippen molar-refractivity contribution >= 4 is 23.8 Å². The van der Waals surface area contributed by atoms with Crippen LogP contribution in [0.1, 0.15) is 6.42 Å². The van der Waals surface area contributed by atoms with E-state index in [1.54, 1.807) is 0 Å². The first kappa shape index (κ1) is 10.7. The molecule has 0 atom stereocenters. The highest BCUT2D eigenvalue weighted by atomic mass is 35.5. The molecule has 7 heteroatoms. The third kappa shape index (κ3) is 1.79. The Balaban J connectivity index is 2.72. The quantitative estimate of drug-likeness (QED) is 0.409. The van der Waals surface area contributed by atoms with Gasteiger partial charge in [0.2, 0.25) is 0 Å². The zero-order valence-corrected chi connectivity index (χ0v) is 8.61. The van der Waals surface area contributed by atoms with Crippen molar-refractivity contribution in [2.45, 2.75) is 6.42 Å². The van der Waals surface area contributed by atoms with Crippen LogP contribution in [-0.2, 0) is 0 Å². The molecular formula is C9H5ClFN3O2. The third-order valence-corrected chi connectivity index (χ3v) is 2.43. The molecule has 0 fully saturated rings. The highest BCUT2D eigenvalue weighted by Gasteiger charge is 2.18. The lowest BCUT2D eigenvalue weighted by Crippen LogP contribution is -2.29. The zero-order chi connectivity index (χ0) is 11.7. The summed E-state index contributed by atoms with van der Waals surface area (Å²) in [5, 5.41) is 11.4. The van der Waals surface area contributed by atoms with Gasteiger partial charge in [0, 0.05) is 11.3 Å². The molecule has 5 nitrogen and oxygen atoms in total. The SMILES string of the molecule is O=[N+]([O-])C1=C(F)C=c2ncnc(Cl)c2=CC1. The maximum absolute atomic E-state index is 13.4. The van der Waals surface area contributed by atoms with Gasteiger partial charge in [-0.25, -0.2) is 9.97 Å². The Hall–Kier alpha value is -1.82. The van der Waals surface area contributed by atoms with Gasteiger partial charge in [0.1, 0.15) is 11.5 Å². The predicted molar refractivity (Wildman–Crippen MR) is 55.0 cm³/mol. The van der Waals surface area contributed by atoms with E-state index < -0.39 is 16.4 Å². The van der Waals surface area contributed by atoms with Gasteiger partial charge in [-0.15, -0.1) is 0 Å². The molecule has 0 saturated heterocycles. The Kier molecular flexibility index (Phi) is 2.66. The average Bonchev–Trinajstić information content (AvgIpc) is 2.37. The molecule has 2 rings (SSSR count). The van der Waals surface area contributed by atoms with Crippen LogP contribution in [0.3, 0.4) is 0 Å². The van der Waals surface area contributed by atoms with Crippen LogP contribution in [-0.4, -0.2) is 14.9 Å². The fraction of sp³-hybridized carbons (Fsp3) is 0.111. The number of allylic oxidation sites excluding steroid dienone is 2. The molecule has 1 aliphatic rings. The Labute approximate surface area is 93.7 Å². The van der Waals surface area contributed by atoms with E-state index in [0.717, 1.165) is 6.08 Å². The van der Waals surface area contributed by atoms with Crippen LogP contribution in [0.4, 0.5) is 4.39 Å². The van der Waals surface area contributed by atoms with Crippen LogP contribution in [0.15, 0.2) is 17.9 Å². The second-order valence-corrected chi connectivity index (χ2v) is 3.43. The van der Waals surface area contributed by atoms with Gasteiger partial charge in [-0.1, -0.05) is 17.7 Å². The number of nitro groups is 1. The fourth-order valence-corrected chi connectivity index (χ4v) is 1.57. The minimum atomic E-state index is -0.908. The number of aromatic nitrogens is 2. The molecule has 0 aliphatic heterocycles. The second kappa shape index (κ2) is 3.97. The lowest BCUT2D eigenvalue weighted by molar-refractivity contribution is -0.428. The molecule has 0 amide bonds. The van der Waals surface area contributed by atoms with E-state index in [1.807, 2.05) is 0 Å². The monoisotopic (exact) mass is 241 g/mol. The Morgan fingerprint density at radius 1 is 1.50 bits per heavy atom. The van der Waals surface area contributed by atoms with Crippen LogP contribution in [0.5, 0.6) is 0 Å². The van der Waals surface area contributed by atoms with Gasteiger partial charge < -0.3 is 0 Å². The molecular weight excluding hydrogens is 237 g/mol. The van der Waals surface area contributed by atoms with Crippen molar-refractivity contribution in [3.05, 3.63) is 43.7 Å². The fourth-order valence-electron chi connectivity index (χ4n) is 1.35. The predicted octanol–water partition coefficient (Wildman–Crippen LogP) is 0.552. The lowest BCUT2D eigenvalue weighted by atomic mass is 10.3. The maximum atomic E-state index is 13.4. The first-order valence-corrected chi connectivity index (χ1v) is 4.69. The van der Waals surface area contributed by atoms with Gasteiger partial charge >= 0.3 is 0 Å². The van der Waals surface area contributed by atoms with Crippen LogP contribution in [0.2, 0.25) is 5.15 Å². The maximum Gasteiger partial charge on any atom is 0.285 e. The summed E-state index contributed by atoms with van der Waals surface area (Å²) < 4.78 is 13.4. The van der Waals surface area contributed by atoms with Crippen molar-refractivity contribution < 1.29 is 9.31 Å². The van der Waals surface area contributed by atoms with Crippen molar-refractivity contribution in [3.8, 4) is 0 Å². The van der Waals surface area contributed by atoms with Crippen LogP contribution in [0.25, 0.3) is 12.2 Å². The van der Waals surface area contributed by atoms with Crippen molar-refractivity contribution in [1.82, 2.24) is 9.97 Å². The highest BCUT2D eigenvalue weighted by Crippen LogP contribution is 2.14. The van der Waals surface area contributed by atoms with Gasteiger partial charge in [0.05, 0.1) is 16.7 Å². The minimum absolute atomic E-state index is 0.143. The second-order valence-electron chi connectivity index (χ2n) is 3.07. The summed E-state index contributed by atoms with van der Waals surface area (Å²) in [6.45, 7) is 0. The first-order valence-electron chi connectivity index (χ1n) is 4.31. The van der Waals surface area contributed by atoms with Gasteiger partial charge in [0.15, 0.2) is 5.83 Å². The van der Waals surface area contributed by atoms with E-state index in [-0.39, 0.29) is 16.9 Å². The largest absolute Gasteiger partial charge is 0.285 e. The first-order chi connectivity index (χ1) is 7.59. The van der Waals surface area contributed by atoms with Gasteiger partial charge in [-0.05, 0) is 0 Å². The molecule has 1 heterocycles. The van der Waals surface area contributed by atoms with Crippen LogP contribution >= 0.6 is 11.6 Å². The molecule has 0 saturated carbocycles. The normalized spacial score (nSPS) is 14.6. The summed E-state index contributed by atoms with van der Waals surface area (Å²) in [5.41, 5.74) is -0.505. The van der Waals surface area contributed by atoms with Crippen molar-refractivity contribution in [2.24, 2.45) is 0 Å². The summed E-state index contributed by atoms with van der Waals surface area (Å²) >= 11 is 5.78. The number of fused-ring (bicyclic) bond motifs is 1. The van der Waals surface area contributed by atoms with E-state index in [1.165, 1.54) is 12.4 Å². The van der Waals surface area contributed by atoms with E-state index in [0.29, 0.717) is 5.22 Å². The zero-order valence-electron chi connectivity index (χ0n) is 7.85. The molecule has 0 N–H and O–H groups in total. The Morgan fingerprint density at radius 3 is 2.94 bits per heavy atom. The molecule has 82 valence electrons. The van der Waals surface area contributed by atoms with Gasteiger partial charge in [-0.3, -0.25) is 10.1 Å². The Morgan fingerprint density at radius 2 is 2.25 bits per heavy atom. The molecule has 0 spiro atoms. The summed E-state index contributed by atoms with van der Waals surface area (Å²) in [7, 11) is 0. The van der Waals surface area contributed by atoms with E-state index >= 15 is 0 Å². The summed E-state index contributed by atoms with van der Waals surface area (Å²) in [4.78, 5) is 17.3. The average molecular weight is 242 g/mol. The van der Waals surface area contributed by atoms with E-state index in [2.05, 4.69) is 9.97 Å². The number of nitrogens with zero attached hydrogens (tertiary/aromatic N) is 3. The number of hydrogen-bond acceptors (Lipinski definition) is 4. The summed E-state index contributed by atoms with van der Waals surface area (Å²) in [6, 6.07) is 0. The van der Waals surface area contributed by atoms with Crippen molar-refractivity contribution in [3.63, 3.8) is 0 Å². The number of rotatable bonds is 1. The molecule has 1 aliphatic carbocycles. The smallest absolute Gasteiger partial charge is 0.259 e. The molecule has 0 unspecified atom stereocenters. The molecule has 0 radical (unpaired) electrons. The number of halogens is 2. The summed E-state index contributed by atoms with van der Waals surface area (Å²) in [6.07, 6.45) is 3.47. The molecule has 0 bridgehead atoms. The molecule has 16 heavy (non-hydrogen) atoms. The van der Waals surface area contributed by atoms with Crippen LogP contribution in [0, 0.1) is 10.1 Å². The third-order valence-electron chi connectivity index (χ3n) is 2.13. The number of hydrogen-bond donors (Lipinski definition) is 0. The van der Waals surface area contributed by atoms with Crippen molar-refractivity contribution in [2.75, 3.05) is 0 Å². The standard InChI is InChI=1S/C9H5ClFN3O2/c10-9-5-1-2-8(14(15)16)6(11)3-7(5)12-4-13-9/h1,3-4H,2H2. The highest BCUT2D eigenvalue weighted by molar-refractivity contribution is 6.29. The molecule has 1 aromatic heterocycles. The van der Waals surface area contributed by atoms with Crippen LogP contribution < -0.4 is 10.6 Å². The lowest BCUT2D eigenvalue weighted by Gasteiger charge is -1.91. The molecule has 0 aromatic carbocycles. The Bertz CT molecular complexity index is 612. The summed E-state index contributed by atoms with van der Waals surface area (Å²) in [5.74, 6) is -0.908. The topological polar surface area (TPSA) is 68.9 Å². The molecule has 1 aromatic rings. The van der Waals surface area contributed by atoms with E-state index in [9.17, 15) is 14.5 Å². The van der Waals surface area contributed by atoms with E-state index in [4.69, 9.17) is 11.6 Å². The van der Waals surface area contributed by atoms with Crippen molar-refractivity contribution in [1.29, 1.82) is 0 Å². The van der Waals surface area contributed by atoms with Gasteiger partial charge in [0.25, 0.3) is 5.70 Å². The van der Waals surface area contributed by atoms with Gasteiger partial charge in [-0.2, -0.15) is 4.39 Å².